The molecule has 21 heavy (non-hydrogen) atoms. The maximum atomic E-state index is 11.4. The molecule has 0 fully saturated rings. The zero-order valence-corrected chi connectivity index (χ0v) is 13.0. The van der Waals surface area contributed by atoms with Crippen molar-refractivity contribution in [1.29, 1.82) is 0 Å². The van der Waals surface area contributed by atoms with Crippen LogP contribution in [0.25, 0.3) is 0 Å². The fourth-order valence-corrected chi connectivity index (χ4v) is 2.37. The molecule has 5 nitrogen and oxygen atoms in total. The van der Waals surface area contributed by atoms with E-state index in [4.69, 9.17) is 4.74 Å². The Kier molecular flexibility index (Phi) is 5.68. The first-order valence-electron chi connectivity index (χ1n) is 6.89. The minimum atomic E-state index is 0.0175. The first kappa shape index (κ1) is 15.4. The number of rotatable bonds is 7. The van der Waals surface area contributed by atoms with Crippen molar-refractivity contribution < 1.29 is 9.53 Å². The lowest BCUT2D eigenvalue weighted by molar-refractivity contribution is -0.123. The number of nitrogens with zero attached hydrogens (tertiary/aromatic N) is 2. The molecule has 6 heteroatoms. The van der Waals surface area contributed by atoms with Crippen molar-refractivity contribution in [3.8, 4) is 5.75 Å². The Morgan fingerprint density at radius 2 is 2.33 bits per heavy atom. The van der Waals surface area contributed by atoms with Crippen LogP contribution in [0.4, 0.5) is 0 Å². The van der Waals surface area contributed by atoms with Crippen LogP contribution < -0.4 is 10.1 Å². The van der Waals surface area contributed by atoms with Crippen LogP contribution in [0.2, 0.25) is 0 Å². The quantitative estimate of drug-likeness (QED) is 0.853. The van der Waals surface area contributed by atoms with Gasteiger partial charge in [0.1, 0.15) is 17.4 Å². The molecule has 0 bridgehead atoms. The SMILES string of the molecule is CC(C)C(=O)NCCc1csc(COc2cccnc2)n1. The van der Waals surface area contributed by atoms with E-state index >= 15 is 0 Å². The van der Waals surface area contributed by atoms with Gasteiger partial charge in [0, 0.05) is 30.5 Å². The van der Waals surface area contributed by atoms with Gasteiger partial charge in [0.2, 0.25) is 5.91 Å². The topological polar surface area (TPSA) is 64.1 Å². The largest absolute Gasteiger partial charge is 0.485 e. The van der Waals surface area contributed by atoms with Gasteiger partial charge in [-0.15, -0.1) is 11.3 Å². The molecule has 0 aromatic carbocycles. The zero-order chi connectivity index (χ0) is 15.1. The van der Waals surface area contributed by atoms with Gasteiger partial charge in [0.25, 0.3) is 0 Å². The van der Waals surface area contributed by atoms with Crippen LogP contribution in [0.5, 0.6) is 5.75 Å². The molecular formula is C15H19N3O2S. The number of pyridine rings is 1. The van der Waals surface area contributed by atoms with Crippen molar-refractivity contribution >= 4 is 17.2 Å². The standard InChI is InChI=1S/C15H19N3O2S/c1-11(2)15(19)17-7-5-12-10-21-14(18-12)9-20-13-4-3-6-16-8-13/h3-4,6,8,10-11H,5,7,9H2,1-2H3,(H,17,19). The van der Waals surface area contributed by atoms with E-state index < -0.39 is 0 Å². The van der Waals surface area contributed by atoms with E-state index in [0.29, 0.717) is 13.2 Å². The van der Waals surface area contributed by atoms with Crippen LogP contribution in [-0.2, 0) is 17.8 Å². The van der Waals surface area contributed by atoms with Gasteiger partial charge in [-0.1, -0.05) is 13.8 Å². The van der Waals surface area contributed by atoms with Crippen molar-refractivity contribution in [1.82, 2.24) is 15.3 Å². The fourth-order valence-electron chi connectivity index (χ4n) is 1.63. The third-order valence-electron chi connectivity index (χ3n) is 2.80. The van der Waals surface area contributed by atoms with Crippen LogP contribution in [-0.4, -0.2) is 22.4 Å². The Labute approximate surface area is 128 Å². The van der Waals surface area contributed by atoms with Gasteiger partial charge in [0.05, 0.1) is 11.9 Å². The van der Waals surface area contributed by atoms with E-state index in [2.05, 4.69) is 15.3 Å². The average molecular weight is 305 g/mol. The first-order valence-corrected chi connectivity index (χ1v) is 7.77. The third kappa shape index (κ3) is 5.15. The number of nitrogens with one attached hydrogen (secondary N) is 1. The van der Waals surface area contributed by atoms with Gasteiger partial charge in [0.15, 0.2) is 0 Å². The van der Waals surface area contributed by atoms with Crippen molar-refractivity contribution in [2.24, 2.45) is 5.92 Å². The number of hydrogen-bond acceptors (Lipinski definition) is 5. The number of ether oxygens (including phenoxy) is 1. The van der Waals surface area contributed by atoms with Crippen LogP contribution in [0.15, 0.2) is 29.9 Å². The van der Waals surface area contributed by atoms with Gasteiger partial charge < -0.3 is 10.1 Å². The number of thiazole rings is 1. The molecule has 112 valence electrons. The number of carbonyl (C=O) groups excluding carboxylic acids is 1. The molecule has 0 spiro atoms. The lowest BCUT2D eigenvalue weighted by Gasteiger charge is -2.06. The Balaban J connectivity index is 1.75. The number of aromatic nitrogens is 2. The third-order valence-corrected chi connectivity index (χ3v) is 3.67. The van der Waals surface area contributed by atoms with E-state index in [9.17, 15) is 4.79 Å². The Hall–Kier alpha value is -1.95. The molecule has 0 radical (unpaired) electrons. The van der Waals surface area contributed by atoms with E-state index in [1.807, 2.05) is 31.4 Å². The monoisotopic (exact) mass is 305 g/mol. The highest BCUT2D eigenvalue weighted by atomic mass is 32.1. The highest BCUT2D eigenvalue weighted by Crippen LogP contribution is 2.14. The highest BCUT2D eigenvalue weighted by molar-refractivity contribution is 7.09. The molecule has 1 amide bonds. The van der Waals surface area contributed by atoms with Crippen molar-refractivity contribution in [3.05, 3.63) is 40.6 Å². The van der Waals surface area contributed by atoms with E-state index in [1.54, 1.807) is 23.7 Å². The van der Waals surface area contributed by atoms with Gasteiger partial charge in [-0.2, -0.15) is 0 Å². The summed E-state index contributed by atoms with van der Waals surface area (Å²) < 4.78 is 5.60. The van der Waals surface area contributed by atoms with Gasteiger partial charge >= 0.3 is 0 Å². The summed E-state index contributed by atoms with van der Waals surface area (Å²) in [7, 11) is 0. The minimum Gasteiger partial charge on any atom is -0.485 e. The predicted molar refractivity (Wildman–Crippen MR) is 82.2 cm³/mol. The number of amides is 1. The molecule has 0 atom stereocenters. The maximum absolute atomic E-state index is 11.4. The number of hydrogen-bond donors (Lipinski definition) is 1. The molecule has 2 aromatic rings. The molecule has 2 aromatic heterocycles. The van der Waals surface area contributed by atoms with E-state index in [0.717, 1.165) is 22.9 Å². The van der Waals surface area contributed by atoms with Gasteiger partial charge in [-0.25, -0.2) is 4.98 Å². The Morgan fingerprint density at radius 3 is 3.05 bits per heavy atom. The first-order chi connectivity index (χ1) is 10.1. The van der Waals surface area contributed by atoms with Crippen molar-refractivity contribution in [2.45, 2.75) is 26.9 Å². The van der Waals surface area contributed by atoms with Crippen molar-refractivity contribution in [3.63, 3.8) is 0 Å². The fraction of sp³-hybridized carbons (Fsp3) is 0.400. The molecule has 0 saturated heterocycles. The van der Waals surface area contributed by atoms with E-state index in [-0.39, 0.29) is 11.8 Å². The second kappa shape index (κ2) is 7.73. The molecule has 2 heterocycles. The van der Waals surface area contributed by atoms with Crippen LogP contribution in [0.3, 0.4) is 0 Å². The summed E-state index contributed by atoms with van der Waals surface area (Å²) in [6, 6.07) is 3.70. The normalized spacial score (nSPS) is 10.6. The maximum Gasteiger partial charge on any atom is 0.222 e. The summed E-state index contributed by atoms with van der Waals surface area (Å²) in [5, 5.41) is 5.81. The van der Waals surface area contributed by atoms with Crippen LogP contribution in [0.1, 0.15) is 24.5 Å². The summed E-state index contributed by atoms with van der Waals surface area (Å²) in [4.78, 5) is 19.9. The number of carbonyl (C=O) groups is 1. The van der Waals surface area contributed by atoms with Gasteiger partial charge in [-0.05, 0) is 12.1 Å². The zero-order valence-electron chi connectivity index (χ0n) is 12.2. The van der Waals surface area contributed by atoms with Crippen molar-refractivity contribution in [2.75, 3.05) is 6.54 Å². The summed E-state index contributed by atoms with van der Waals surface area (Å²) in [6.45, 7) is 4.82. The highest BCUT2D eigenvalue weighted by Gasteiger charge is 2.07. The molecule has 0 saturated carbocycles. The van der Waals surface area contributed by atoms with Gasteiger partial charge in [-0.3, -0.25) is 9.78 Å². The summed E-state index contributed by atoms with van der Waals surface area (Å²) in [6.07, 6.45) is 4.12. The Bertz CT molecular complexity index is 569. The molecule has 0 unspecified atom stereocenters. The summed E-state index contributed by atoms with van der Waals surface area (Å²) in [5.41, 5.74) is 0.980. The molecule has 0 aliphatic rings. The molecule has 0 aliphatic carbocycles. The molecular weight excluding hydrogens is 286 g/mol. The summed E-state index contributed by atoms with van der Waals surface area (Å²) >= 11 is 1.56. The molecule has 2 rings (SSSR count). The average Bonchev–Trinajstić information content (AvgIpc) is 2.94. The molecule has 0 aliphatic heterocycles. The van der Waals surface area contributed by atoms with E-state index in [1.165, 1.54) is 0 Å². The van der Waals surface area contributed by atoms with Crippen LogP contribution >= 0.6 is 11.3 Å². The second-order valence-corrected chi connectivity index (χ2v) is 5.85. The minimum absolute atomic E-state index is 0.0175. The molecule has 1 N–H and O–H groups in total. The smallest absolute Gasteiger partial charge is 0.222 e. The lowest BCUT2D eigenvalue weighted by Crippen LogP contribution is -2.29. The second-order valence-electron chi connectivity index (χ2n) is 4.91. The Morgan fingerprint density at radius 1 is 1.48 bits per heavy atom. The van der Waals surface area contributed by atoms with Crippen LogP contribution in [0, 0.1) is 5.92 Å². The lowest BCUT2D eigenvalue weighted by atomic mass is 10.2. The predicted octanol–water partition coefficient (Wildman–Crippen LogP) is 2.43. The summed E-state index contributed by atoms with van der Waals surface area (Å²) in [5.74, 6) is 0.827.